The average Bonchev–Trinajstić information content (AvgIpc) is 2.50. The lowest BCUT2D eigenvalue weighted by Gasteiger charge is -2.07. The molecule has 100 valence electrons. The molecule has 2 aromatic carbocycles. The lowest BCUT2D eigenvalue weighted by molar-refractivity contribution is 1.30. The van der Waals surface area contributed by atoms with Crippen LogP contribution in [0.2, 0.25) is 5.15 Å². The molecular weight excluding hydrogens is 286 g/mol. The van der Waals surface area contributed by atoms with Crippen LogP contribution in [0.15, 0.2) is 59.6 Å². The van der Waals surface area contributed by atoms with E-state index in [0.717, 1.165) is 16.7 Å². The van der Waals surface area contributed by atoms with Crippen LogP contribution in [-0.4, -0.2) is 4.98 Å². The summed E-state index contributed by atoms with van der Waals surface area (Å²) in [5, 5.41) is 2.78. The van der Waals surface area contributed by atoms with Gasteiger partial charge in [-0.1, -0.05) is 48.0 Å². The second kappa shape index (κ2) is 5.86. The van der Waals surface area contributed by atoms with E-state index < -0.39 is 0 Å². The van der Waals surface area contributed by atoms with Crippen molar-refractivity contribution in [2.45, 2.75) is 17.6 Å². The smallest absolute Gasteiger partial charge is 0.136 e. The summed E-state index contributed by atoms with van der Waals surface area (Å²) < 4.78 is 0. The molecule has 3 aromatic rings. The Labute approximate surface area is 128 Å². The molecule has 1 nitrogen and oxygen atoms in total. The highest BCUT2D eigenvalue weighted by molar-refractivity contribution is 7.98. The third-order valence-electron chi connectivity index (χ3n) is 3.26. The van der Waals surface area contributed by atoms with Crippen LogP contribution in [-0.2, 0) is 5.75 Å². The molecule has 1 heterocycles. The first kappa shape index (κ1) is 13.5. The maximum absolute atomic E-state index is 6.14. The molecule has 3 rings (SSSR count). The number of halogens is 1. The summed E-state index contributed by atoms with van der Waals surface area (Å²) in [7, 11) is 0. The summed E-state index contributed by atoms with van der Waals surface area (Å²) in [6, 6.07) is 16.9. The van der Waals surface area contributed by atoms with E-state index in [1.54, 1.807) is 0 Å². The molecule has 3 heteroatoms. The number of nitrogens with zero attached hydrogens (tertiary/aromatic N) is 1. The minimum absolute atomic E-state index is 0.574. The molecule has 0 unspecified atom stereocenters. The highest BCUT2D eigenvalue weighted by atomic mass is 35.5. The topological polar surface area (TPSA) is 12.9 Å². The molecule has 0 amide bonds. The van der Waals surface area contributed by atoms with Gasteiger partial charge in [0.25, 0.3) is 0 Å². The Morgan fingerprint density at radius 2 is 1.85 bits per heavy atom. The van der Waals surface area contributed by atoms with Gasteiger partial charge in [0.2, 0.25) is 0 Å². The Morgan fingerprint density at radius 3 is 2.65 bits per heavy atom. The molecule has 0 atom stereocenters. The lowest BCUT2D eigenvalue weighted by Crippen LogP contribution is -1.85. The van der Waals surface area contributed by atoms with Gasteiger partial charge in [0.1, 0.15) is 5.15 Å². The fourth-order valence-corrected chi connectivity index (χ4v) is 3.26. The molecule has 0 aliphatic carbocycles. The van der Waals surface area contributed by atoms with Gasteiger partial charge < -0.3 is 0 Å². The standard InChI is InChI=1S/C17H14ClNS/c1-12-10-19-17(18)15-8-7-14(9-16(12)15)20-11-13-5-3-2-4-6-13/h2-10H,11H2,1H3. The van der Waals surface area contributed by atoms with Gasteiger partial charge in [-0.05, 0) is 35.6 Å². The van der Waals surface area contributed by atoms with Crippen molar-refractivity contribution in [1.29, 1.82) is 0 Å². The van der Waals surface area contributed by atoms with Gasteiger partial charge >= 0.3 is 0 Å². The summed E-state index contributed by atoms with van der Waals surface area (Å²) in [5.74, 6) is 0.976. The molecule has 0 aliphatic heterocycles. The second-order valence-corrected chi connectivity index (χ2v) is 6.12. The third kappa shape index (κ3) is 2.82. The zero-order valence-corrected chi connectivity index (χ0v) is 12.7. The molecule has 0 saturated heterocycles. The van der Waals surface area contributed by atoms with E-state index in [4.69, 9.17) is 11.6 Å². The van der Waals surface area contributed by atoms with E-state index in [0.29, 0.717) is 5.15 Å². The quantitative estimate of drug-likeness (QED) is 0.468. The number of benzene rings is 2. The number of thioether (sulfide) groups is 1. The first-order valence-corrected chi connectivity index (χ1v) is 7.82. The molecule has 0 radical (unpaired) electrons. The van der Waals surface area contributed by atoms with Gasteiger partial charge in [0, 0.05) is 22.2 Å². The van der Waals surface area contributed by atoms with Gasteiger partial charge in [-0.2, -0.15) is 0 Å². The highest BCUT2D eigenvalue weighted by Crippen LogP contribution is 2.30. The van der Waals surface area contributed by atoms with Gasteiger partial charge in [-0.15, -0.1) is 11.8 Å². The van der Waals surface area contributed by atoms with Crippen LogP contribution in [0.4, 0.5) is 0 Å². The van der Waals surface area contributed by atoms with Gasteiger partial charge in [0.05, 0.1) is 0 Å². The summed E-state index contributed by atoms with van der Waals surface area (Å²) in [6.07, 6.45) is 1.83. The summed E-state index contributed by atoms with van der Waals surface area (Å²) in [5.41, 5.74) is 2.49. The maximum Gasteiger partial charge on any atom is 0.136 e. The van der Waals surface area contributed by atoms with E-state index in [2.05, 4.69) is 54.4 Å². The van der Waals surface area contributed by atoms with Crippen LogP contribution < -0.4 is 0 Å². The van der Waals surface area contributed by atoms with Crippen LogP contribution in [0.5, 0.6) is 0 Å². The van der Waals surface area contributed by atoms with Gasteiger partial charge in [-0.25, -0.2) is 4.98 Å². The first-order valence-electron chi connectivity index (χ1n) is 6.45. The number of fused-ring (bicyclic) bond motifs is 1. The van der Waals surface area contributed by atoms with E-state index >= 15 is 0 Å². The van der Waals surface area contributed by atoms with Gasteiger partial charge in [-0.3, -0.25) is 0 Å². The van der Waals surface area contributed by atoms with Gasteiger partial charge in [0.15, 0.2) is 0 Å². The Kier molecular flexibility index (Phi) is 3.95. The minimum Gasteiger partial charge on any atom is -0.244 e. The van der Waals surface area contributed by atoms with E-state index in [-0.39, 0.29) is 0 Å². The maximum atomic E-state index is 6.14. The lowest BCUT2D eigenvalue weighted by atomic mass is 10.1. The van der Waals surface area contributed by atoms with E-state index in [1.807, 2.05) is 24.0 Å². The minimum atomic E-state index is 0.574. The Balaban J connectivity index is 1.88. The number of aromatic nitrogens is 1. The van der Waals surface area contributed by atoms with Crippen LogP contribution >= 0.6 is 23.4 Å². The molecular formula is C17H14ClNS. The van der Waals surface area contributed by atoms with E-state index in [1.165, 1.54) is 15.8 Å². The molecule has 0 aliphatic rings. The second-order valence-electron chi connectivity index (χ2n) is 4.71. The Hall–Kier alpha value is -1.51. The van der Waals surface area contributed by atoms with E-state index in [9.17, 15) is 0 Å². The molecule has 1 aromatic heterocycles. The van der Waals surface area contributed by atoms with Crippen LogP contribution in [0.3, 0.4) is 0 Å². The van der Waals surface area contributed by atoms with Crippen molar-refractivity contribution < 1.29 is 0 Å². The molecule has 0 fully saturated rings. The number of pyridine rings is 1. The Bertz CT molecular complexity index is 741. The molecule has 20 heavy (non-hydrogen) atoms. The number of hydrogen-bond donors (Lipinski definition) is 0. The Morgan fingerprint density at radius 1 is 1.05 bits per heavy atom. The fourth-order valence-electron chi connectivity index (χ4n) is 2.15. The summed E-state index contributed by atoms with van der Waals surface area (Å²) in [6.45, 7) is 2.07. The highest BCUT2D eigenvalue weighted by Gasteiger charge is 2.05. The molecule has 0 N–H and O–H groups in total. The molecule has 0 bridgehead atoms. The molecule has 0 spiro atoms. The zero-order valence-electron chi connectivity index (χ0n) is 11.1. The number of rotatable bonds is 3. The third-order valence-corrected chi connectivity index (χ3v) is 4.62. The summed E-state index contributed by atoms with van der Waals surface area (Å²) in [4.78, 5) is 5.44. The number of hydrogen-bond acceptors (Lipinski definition) is 2. The molecule has 0 saturated carbocycles. The fraction of sp³-hybridized carbons (Fsp3) is 0.118. The summed E-state index contributed by atoms with van der Waals surface area (Å²) >= 11 is 7.98. The average molecular weight is 300 g/mol. The largest absolute Gasteiger partial charge is 0.244 e. The van der Waals surface area contributed by atoms with Crippen LogP contribution in [0.25, 0.3) is 10.8 Å². The van der Waals surface area contributed by atoms with Crippen LogP contribution in [0.1, 0.15) is 11.1 Å². The SMILES string of the molecule is Cc1cnc(Cl)c2ccc(SCc3ccccc3)cc12. The van der Waals surface area contributed by atoms with Crippen molar-refractivity contribution in [1.82, 2.24) is 4.98 Å². The number of aryl methyl sites for hydroxylation is 1. The van der Waals surface area contributed by atoms with Crippen molar-refractivity contribution in [2.24, 2.45) is 0 Å². The zero-order chi connectivity index (χ0) is 13.9. The predicted octanol–water partition coefficient (Wildman–Crippen LogP) is 5.49. The van der Waals surface area contributed by atoms with Crippen LogP contribution in [0, 0.1) is 6.92 Å². The van der Waals surface area contributed by atoms with Crippen molar-refractivity contribution in [2.75, 3.05) is 0 Å². The monoisotopic (exact) mass is 299 g/mol. The first-order chi connectivity index (χ1) is 9.74. The van der Waals surface area contributed by atoms with Crippen molar-refractivity contribution >= 4 is 34.1 Å². The van der Waals surface area contributed by atoms with Crippen molar-refractivity contribution in [3.05, 3.63) is 71.0 Å². The normalized spacial score (nSPS) is 10.9. The predicted molar refractivity (Wildman–Crippen MR) is 87.5 cm³/mol. The van der Waals surface area contributed by atoms with Crippen molar-refractivity contribution in [3.8, 4) is 0 Å². The van der Waals surface area contributed by atoms with Crippen molar-refractivity contribution in [3.63, 3.8) is 0 Å².